The van der Waals surface area contributed by atoms with E-state index in [0.29, 0.717) is 16.8 Å². The van der Waals surface area contributed by atoms with Gasteiger partial charge >= 0.3 is 7.60 Å². The number of hydrogen-bond donors (Lipinski definition) is 0. The van der Waals surface area contributed by atoms with Crippen LogP contribution in [-0.4, -0.2) is 38.6 Å². The quantitative estimate of drug-likeness (QED) is 0.262. The molecule has 0 atom stereocenters. The number of aromatic nitrogens is 2. The summed E-state index contributed by atoms with van der Waals surface area (Å²) in [6, 6.07) is 3.84. The Morgan fingerprint density at radius 1 is 1.12 bits per heavy atom. The van der Waals surface area contributed by atoms with E-state index in [1.54, 1.807) is 45.6 Å². The van der Waals surface area contributed by atoms with Crippen LogP contribution in [0.2, 0.25) is 18.1 Å². The zero-order chi connectivity index (χ0) is 24.9. The van der Waals surface area contributed by atoms with E-state index in [2.05, 4.69) is 43.8 Å². The maximum atomic E-state index is 13.7. The van der Waals surface area contributed by atoms with Crippen molar-refractivity contribution in [3.63, 3.8) is 0 Å². The van der Waals surface area contributed by atoms with Crippen LogP contribution in [0.25, 0.3) is 11.4 Å². The van der Waals surface area contributed by atoms with Crippen LogP contribution in [-0.2, 0) is 13.6 Å². The van der Waals surface area contributed by atoms with Crippen LogP contribution in [0.15, 0.2) is 30.7 Å². The summed E-state index contributed by atoms with van der Waals surface area (Å²) in [6.07, 6.45) is 6.43. The molecule has 0 aliphatic rings. The van der Waals surface area contributed by atoms with Gasteiger partial charge in [0.1, 0.15) is 5.75 Å². The van der Waals surface area contributed by atoms with E-state index in [0.717, 1.165) is 16.9 Å². The highest BCUT2D eigenvalue weighted by molar-refractivity contribution is 7.65. The predicted octanol–water partition coefficient (Wildman–Crippen LogP) is 6.94. The molecule has 0 radical (unpaired) electrons. The first-order chi connectivity index (χ1) is 15.4. The van der Waals surface area contributed by atoms with Gasteiger partial charge in [0, 0.05) is 12.4 Å². The first-order valence-corrected chi connectivity index (χ1v) is 15.6. The van der Waals surface area contributed by atoms with E-state index >= 15 is 0 Å². The Morgan fingerprint density at radius 2 is 1.76 bits per heavy atom. The molecule has 0 fully saturated rings. The fourth-order valence-electron chi connectivity index (χ4n) is 2.94. The first kappa shape index (κ1) is 27.3. The van der Waals surface area contributed by atoms with E-state index in [-0.39, 0.29) is 18.3 Å². The molecule has 0 saturated heterocycles. The minimum Gasteiger partial charge on any atom is -0.541 e. The largest absolute Gasteiger partial charge is 0.541 e. The van der Waals surface area contributed by atoms with Crippen LogP contribution in [0.3, 0.4) is 0 Å². The number of ether oxygens (including phenoxy) is 1. The van der Waals surface area contributed by atoms with Crippen LogP contribution < -0.4 is 9.16 Å². The van der Waals surface area contributed by atoms with Crippen molar-refractivity contribution in [1.82, 2.24) is 9.97 Å². The molecule has 2 aromatic rings. The van der Waals surface area contributed by atoms with Crippen LogP contribution in [0.4, 0.5) is 0 Å². The molecule has 0 N–H and O–H groups in total. The van der Waals surface area contributed by atoms with E-state index < -0.39 is 15.9 Å². The summed E-state index contributed by atoms with van der Waals surface area (Å²) in [6.45, 7) is 17.0. The summed E-state index contributed by atoms with van der Waals surface area (Å²) in [7, 11) is -4.09. The van der Waals surface area contributed by atoms with Gasteiger partial charge in [-0.25, -0.2) is 0 Å². The molecule has 182 valence electrons. The molecule has 0 unspecified atom stereocenters. The molecule has 0 spiro atoms. The molecule has 0 bridgehead atoms. The minimum absolute atomic E-state index is 0.0454. The molecular formula is C24H37N2O5PSi. The van der Waals surface area contributed by atoms with Gasteiger partial charge in [-0.05, 0) is 68.2 Å². The smallest absolute Gasteiger partial charge is 0.363 e. The van der Waals surface area contributed by atoms with E-state index in [4.69, 9.17) is 18.2 Å². The molecule has 7 nitrogen and oxygen atoms in total. The average Bonchev–Trinajstić information content (AvgIpc) is 2.73. The second kappa shape index (κ2) is 11.0. The Kier molecular flexibility index (Phi) is 9.05. The zero-order valence-electron chi connectivity index (χ0n) is 21.3. The second-order valence-corrected chi connectivity index (χ2v) is 15.9. The van der Waals surface area contributed by atoms with Gasteiger partial charge in [0.2, 0.25) is 0 Å². The third-order valence-corrected chi connectivity index (χ3v) is 12.1. The lowest BCUT2D eigenvalue weighted by atomic mass is 10.1. The molecular weight excluding hydrogens is 455 g/mol. The van der Waals surface area contributed by atoms with Gasteiger partial charge in [0.25, 0.3) is 8.32 Å². The minimum atomic E-state index is -3.63. The lowest BCUT2D eigenvalue weighted by Gasteiger charge is -2.37. The normalized spacial score (nSPS) is 13.2. The highest BCUT2D eigenvalue weighted by atomic mass is 31.2. The number of nitrogens with zero attached hydrogens (tertiary/aromatic N) is 2. The van der Waals surface area contributed by atoms with E-state index in [1.807, 2.05) is 19.1 Å². The van der Waals surface area contributed by atoms with Crippen molar-refractivity contribution < 1.29 is 22.8 Å². The number of rotatable bonds is 10. The summed E-state index contributed by atoms with van der Waals surface area (Å²) >= 11 is 0. The lowest BCUT2D eigenvalue weighted by Crippen LogP contribution is -2.44. The lowest BCUT2D eigenvalue weighted by molar-refractivity contribution is 0.230. The fourth-order valence-corrected chi connectivity index (χ4v) is 5.76. The summed E-state index contributed by atoms with van der Waals surface area (Å²) in [5, 5.41) is 0.392. The Bertz CT molecular complexity index is 1010. The van der Waals surface area contributed by atoms with E-state index in [9.17, 15) is 4.57 Å². The second-order valence-electron chi connectivity index (χ2n) is 9.18. The van der Waals surface area contributed by atoms with Crippen molar-refractivity contribution in [2.24, 2.45) is 0 Å². The number of benzene rings is 1. The molecule has 1 aromatic heterocycles. The Morgan fingerprint density at radius 3 is 2.24 bits per heavy atom. The molecule has 1 aromatic carbocycles. The van der Waals surface area contributed by atoms with Crippen LogP contribution in [0.5, 0.6) is 11.5 Å². The van der Waals surface area contributed by atoms with Crippen LogP contribution in [0, 0.1) is 6.92 Å². The van der Waals surface area contributed by atoms with Crippen molar-refractivity contribution in [2.75, 3.05) is 20.3 Å². The molecule has 0 aliphatic carbocycles. The monoisotopic (exact) mass is 492 g/mol. The predicted molar refractivity (Wildman–Crippen MR) is 136 cm³/mol. The first-order valence-electron chi connectivity index (χ1n) is 11.1. The van der Waals surface area contributed by atoms with Gasteiger partial charge in [0.15, 0.2) is 5.75 Å². The zero-order valence-corrected chi connectivity index (χ0v) is 23.2. The van der Waals surface area contributed by atoms with Crippen molar-refractivity contribution in [1.29, 1.82) is 0 Å². The average molecular weight is 493 g/mol. The summed E-state index contributed by atoms with van der Waals surface area (Å²) in [5.41, 5.74) is 2.12. The van der Waals surface area contributed by atoms with Gasteiger partial charge in [-0.15, -0.1) is 0 Å². The summed E-state index contributed by atoms with van der Waals surface area (Å²) in [5.74, 6) is 1.35. The van der Waals surface area contributed by atoms with Gasteiger partial charge in [-0.3, -0.25) is 14.5 Å². The molecule has 9 heteroatoms. The third-order valence-electron chi connectivity index (χ3n) is 5.67. The van der Waals surface area contributed by atoms with Gasteiger partial charge in [-0.2, -0.15) is 0 Å². The molecule has 33 heavy (non-hydrogen) atoms. The molecule has 0 saturated carbocycles. The Hall–Kier alpha value is -1.99. The number of aryl methyl sites for hydroxylation is 1. The van der Waals surface area contributed by atoms with Crippen molar-refractivity contribution in [2.45, 2.75) is 59.7 Å². The third kappa shape index (κ3) is 6.54. The Labute approximate surface area is 199 Å². The highest BCUT2D eigenvalue weighted by Crippen LogP contribution is 2.60. The van der Waals surface area contributed by atoms with Gasteiger partial charge in [0.05, 0.1) is 37.5 Å². The Balaban J connectivity index is 2.66. The highest BCUT2D eigenvalue weighted by Gasteiger charge is 2.40. The van der Waals surface area contributed by atoms with Crippen molar-refractivity contribution >= 4 is 27.3 Å². The van der Waals surface area contributed by atoms with Crippen molar-refractivity contribution in [3.8, 4) is 11.5 Å². The summed E-state index contributed by atoms with van der Waals surface area (Å²) < 4.78 is 37.2. The molecule has 0 aliphatic heterocycles. The summed E-state index contributed by atoms with van der Waals surface area (Å²) in [4.78, 5) is 8.48. The topological polar surface area (TPSA) is 79.8 Å². The van der Waals surface area contributed by atoms with Crippen LogP contribution >= 0.6 is 7.60 Å². The van der Waals surface area contributed by atoms with Gasteiger partial charge < -0.3 is 18.2 Å². The van der Waals surface area contributed by atoms with E-state index in [1.165, 1.54) is 0 Å². The number of hydrogen-bond acceptors (Lipinski definition) is 7. The van der Waals surface area contributed by atoms with Crippen molar-refractivity contribution in [3.05, 3.63) is 47.5 Å². The fraction of sp³-hybridized carbons (Fsp3) is 0.500. The molecule has 2 rings (SSSR count). The van der Waals surface area contributed by atoms with Gasteiger partial charge in [-0.1, -0.05) is 20.8 Å². The SMILES string of the molecule is CCOP(=O)(OCC)C(=Cc1cc(C)c(O[Si](C)(C)C(C)(C)C)c(OC)c1)c1cnccn1. The maximum absolute atomic E-state index is 13.7. The molecule has 1 heterocycles. The van der Waals surface area contributed by atoms with Crippen LogP contribution in [0.1, 0.15) is 51.4 Å². The standard InChI is InChI=1S/C24H37N2O5PSi/c1-10-29-32(27,30-11-2)22(20-17-25-12-13-26-20)16-19-14-18(3)23(21(15-19)28-7)31-33(8,9)24(4,5)6/h12-17H,10-11H2,1-9H3. The number of methoxy groups -OCH3 is 1. The maximum Gasteiger partial charge on any atom is 0.363 e. The molecule has 0 amide bonds.